The molecule has 0 amide bonds. The van der Waals surface area contributed by atoms with Gasteiger partial charge in [0, 0.05) is 0 Å². The fraction of sp³-hybridized carbons (Fsp3) is 0.800. The molecule has 0 aromatic heterocycles. The molecule has 0 aromatic carbocycles. The van der Waals surface area contributed by atoms with E-state index in [-0.39, 0.29) is 11.5 Å². The Kier molecular flexibility index (Phi) is 3.44. The number of rotatable bonds is 1. The molecular weight excluding hydrogens is 256 g/mol. The van der Waals surface area contributed by atoms with Gasteiger partial charge in [-0.25, -0.2) is 0 Å². The van der Waals surface area contributed by atoms with Crippen molar-refractivity contribution in [2.24, 2.45) is 28.1 Å². The molecule has 21 heavy (non-hydrogen) atoms. The topological polar surface area (TPSA) is 20.2 Å². The number of fused-ring (bicyclic) bond motifs is 3. The van der Waals surface area contributed by atoms with Gasteiger partial charge in [-0.05, 0) is 66.6 Å². The average molecular weight is 288 g/mol. The van der Waals surface area contributed by atoms with Crippen LogP contribution in [0, 0.1) is 28.1 Å². The normalized spacial score (nSPS) is 48.8. The third kappa shape index (κ3) is 2.15. The maximum absolute atomic E-state index is 10.5. The first-order chi connectivity index (χ1) is 9.73. The summed E-state index contributed by atoms with van der Waals surface area (Å²) >= 11 is 0. The zero-order chi connectivity index (χ0) is 15.5. The predicted molar refractivity (Wildman–Crippen MR) is 89.0 cm³/mol. The van der Waals surface area contributed by atoms with Crippen molar-refractivity contribution in [1.82, 2.24) is 0 Å². The SMILES string of the molecule is C=C[C@@]1(C)CC=C2[C@@H](CC[C@H]3C(C)(C)[C@H](O)CC[C@@]23C)C1. The molecule has 0 radical (unpaired) electrons. The minimum absolute atomic E-state index is 0.0536. The number of hydrogen-bond acceptors (Lipinski definition) is 1. The van der Waals surface area contributed by atoms with Gasteiger partial charge in [0.1, 0.15) is 0 Å². The Bertz CT molecular complexity index is 474. The van der Waals surface area contributed by atoms with E-state index in [1.165, 1.54) is 19.3 Å². The van der Waals surface area contributed by atoms with Crippen molar-refractivity contribution in [2.75, 3.05) is 0 Å². The second kappa shape index (κ2) is 4.72. The van der Waals surface area contributed by atoms with Crippen LogP contribution in [0.25, 0.3) is 0 Å². The van der Waals surface area contributed by atoms with Crippen molar-refractivity contribution < 1.29 is 5.11 Å². The lowest BCUT2D eigenvalue weighted by Gasteiger charge is -2.60. The first kappa shape index (κ1) is 15.3. The summed E-state index contributed by atoms with van der Waals surface area (Å²) in [4.78, 5) is 0. The Morgan fingerprint density at radius 3 is 2.57 bits per heavy atom. The molecule has 2 fully saturated rings. The molecule has 0 heterocycles. The second-order valence-corrected chi connectivity index (χ2v) is 9.05. The fourth-order valence-electron chi connectivity index (χ4n) is 5.83. The highest BCUT2D eigenvalue weighted by Gasteiger charge is 2.56. The average Bonchev–Trinajstić information content (AvgIpc) is 2.43. The molecule has 3 aliphatic rings. The summed E-state index contributed by atoms with van der Waals surface area (Å²) in [6.07, 6.45) is 11.7. The lowest BCUT2D eigenvalue weighted by atomic mass is 9.46. The van der Waals surface area contributed by atoms with Gasteiger partial charge >= 0.3 is 0 Å². The largest absolute Gasteiger partial charge is 0.393 e. The van der Waals surface area contributed by atoms with Crippen LogP contribution in [0.4, 0.5) is 0 Å². The molecule has 0 bridgehead atoms. The monoisotopic (exact) mass is 288 g/mol. The Labute approximate surface area is 130 Å². The van der Waals surface area contributed by atoms with Gasteiger partial charge < -0.3 is 5.11 Å². The number of hydrogen-bond donors (Lipinski definition) is 1. The Morgan fingerprint density at radius 1 is 1.19 bits per heavy atom. The molecule has 0 spiro atoms. The molecule has 118 valence electrons. The minimum atomic E-state index is -0.130. The quantitative estimate of drug-likeness (QED) is 0.665. The molecule has 0 aliphatic heterocycles. The van der Waals surface area contributed by atoms with Crippen molar-refractivity contribution in [3.05, 3.63) is 24.3 Å². The smallest absolute Gasteiger partial charge is 0.0594 e. The molecule has 3 rings (SSSR count). The molecule has 3 aliphatic carbocycles. The van der Waals surface area contributed by atoms with E-state index in [2.05, 4.69) is 46.4 Å². The van der Waals surface area contributed by atoms with Crippen molar-refractivity contribution in [1.29, 1.82) is 0 Å². The fourth-order valence-corrected chi connectivity index (χ4v) is 5.83. The maximum atomic E-state index is 10.5. The van der Waals surface area contributed by atoms with Gasteiger partial charge in [-0.15, -0.1) is 6.58 Å². The van der Waals surface area contributed by atoms with Crippen molar-refractivity contribution in [3.8, 4) is 0 Å². The van der Waals surface area contributed by atoms with E-state index in [9.17, 15) is 5.11 Å². The van der Waals surface area contributed by atoms with Crippen LogP contribution >= 0.6 is 0 Å². The summed E-state index contributed by atoms with van der Waals surface area (Å²) in [7, 11) is 0. The Hall–Kier alpha value is -0.560. The number of allylic oxidation sites excluding steroid dienone is 3. The van der Waals surface area contributed by atoms with E-state index >= 15 is 0 Å². The van der Waals surface area contributed by atoms with Crippen LogP contribution in [0.1, 0.15) is 66.2 Å². The van der Waals surface area contributed by atoms with E-state index < -0.39 is 0 Å². The molecule has 0 saturated heterocycles. The van der Waals surface area contributed by atoms with Crippen LogP contribution in [0.2, 0.25) is 0 Å². The van der Waals surface area contributed by atoms with Crippen molar-refractivity contribution >= 4 is 0 Å². The van der Waals surface area contributed by atoms with Gasteiger partial charge in [0.15, 0.2) is 0 Å². The van der Waals surface area contributed by atoms with Gasteiger partial charge in [-0.3, -0.25) is 0 Å². The maximum Gasteiger partial charge on any atom is 0.0594 e. The summed E-state index contributed by atoms with van der Waals surface area (Å²) < 4.78 is 0. The zero-order valence-corrected chi connectivity index (χ0v) is 14.3. The Balaban J connectivity index is 1.97. The molecular formula is C20H32O. The van der Waals surface area contributed by atoms with E-state index in [0.717, 1.165) is 25.2 Å². The highest BCUT2D eigenvalue weighted by atomic mass is 16.3. The van der Waals surface area contributed by atoms with Crippen molar-refractivity contribution in [3.63, 3.8) is 0 Å². The molecule has 2 saturated carbocycles. The molecule has 0 unspecified atom stereocenters. The zero-order valence-electron chi connectivity index (χ0n) is 14.3. The summed E-state index contributed by atoms with van der Waals surface area (Å²) in [6.45, 7) is 13.5. The molecule has 0 aromatic rings. The van der Waals surface area contributed by atoms with Crippen LogP contribution in [0.3, 0.4) is 0 Å². The summed E-state index contributed by atoms with van der Waals surface area (Å²) in [5, 5.41) is 10.5. The van der Waals surface area contributed by atoms with E-state index in [4.69, 9.17) is 0 Å². The van der Waals surface area contributed by atoms with Gasteiger partial charge in [0.25, 0.3) is 0 Å². The highest BCUT2D eigenvalue weighted by Crippen LogP contribution is 2.63. The lowest BCUT2D eigenvalue weighted by molar-refractivity contribution is -0.101. The number of aliphatic hydroxyl groups excluding tert-OH is 1. The van der Waals surface area contributed by atoms with Gasteiger partial charge in [-0.1, -0.05) is 45.4 Å². The molecule has 5 atom stereocenters. The van der Waals surface area contributed by atoms with Gasteiger partial charge in [0.2, 0.25) is 0 Å². The third-order valence-corrected chi connectivity index (χ3v) is 7.36. The standard InChI is InChI=1S/C20H32O/c1-6-19(4)11-9-15-14(13-19)7-8-16-18(2,3)17(21)10-12-20(15,16)5/h6,9,14,16-17,21H,1,7-8,10-13H2,2-5H3/t14-,16-,17+,19-,20-/m0/s1. The van der Waals surface area contributed by atoms with Crippen LogP contribution in [-0.4, -0.2) is 11.2 Å². The van der Waals surface area contributed by atoms with Gasteiger partial charge in [-0.2, -0.15) is 0 Å². The van der Waals surface area contributed by atoms with E-state index in [1.54, 1.807) is 5.57 Å². The number of aliphatic hydroxyl groups is 1. The Morgan fingerprint density at radius 2 is 1.90 bits per heavy atom. The van der Waals surface area contributed by atoms with Crippen LogP contribution in [-0.2, 0) is 0 Å². The van der Waals surface area contributed by atoms with E-state index in [0.29, 0.717) is 16.7 Å². The third-order valence-electron chi connectivity index (χ3n) is 7.36. The lowest BCUT2D eigenvalue weighted by Crippen LogP contribution is -2.54. The van der Waals surface area contributed by atoms with Crippen LogP contribution in [0.5, 0.6) is 0 Å². The van der Waals surface area contributed by atoms with Gasteiger partial charge in [0.05, 0.1) is 6.10 Å². The van der Waals surface area contributed by atoms with Crippen LogP contribution < -0.4 is 0 Å². The summed E-state index contributed by atoms with van der Waals surface area (Å²) in [5.74, 6) is 1.37. The predicted octanol–water partition coefficient (Wildman–Crippen LogP) is 5.11. The van der Waals surface area contributed by atoms with E-state index in [1.807, 2.05) is 0 Å². The first-order valence-corrected chi connectivity index (χ1v) is 8.75. The minimum Gasteiger partial charge on any atom is -0.393 e. The molecule has 1 heteroatoms. The highest BCUT2D eigenvalue weighted by molar-refractivity contribution is 5.28. The first-order valence-electron chi connectivity index (χ1n) is 8.75. The summed E-state index contributed by atoms with van der Waals surface area (Å²) in [5.41, 5.74) is 2.38. The van der Waals surface area contributed by atoms with Crippen LogP contribution in [0.15, 0.2) is 24.3 Å². The second-order valence-electron chi connectivity index (χ2n) is 9.05. The van der Waals surface area contributed by atoms with Crippen molar-refractivity contribution in [2.45, 2.75) is 72.3 Å². The molecule has 1 nitrogen and oxygen atoms in total. The molecule has 1 N–H and O–H groups in total. The summed E-state index contributed by atoms with van der Waals surface area (Å²) in [6, 6.07) is 0.